The Morgan fingerprint density at radius 1 is 1.20 bits per heavy atom. The van der Waals surface area contributed by atoms with Gasteiger partial charge in [-0.2, -0.15) is 18.3 Å². The molecule has 1 aliphatic heterocycles. The Hall–Kier alpha value is -2.76. The number of halogens is 4. The smallest absolute Gasteiger partial charge is 0.435 e. The van der Waals surface area contributed by atoms with E-state index in [0.29, 0.717) is 11.3 Å². The minimum atomic E-state index is -4.73. The number of aromatic nitrogens is 2. The molecule has 0 spiro atoms. The van der Waals surface area contributed by atoms with Gasteiger partial charge in [0, 0.05) is 11.1 Å². The summed E-state index contributed by atoms with van der Waals surface area (Å²) >= 11 is 6.28. The summed E-state index contributed by atoms with van der Waals surface area (Å²) in [7, 11) is -2.56. The molecule has 1 aromatic heterocycles. The van der Waals surface area contributed by atoms with E-state index in [1.54, 1.807) is 0 Å². The Labute approximate surface area is 173 Å². The molecule has 30 heavy (non-hydrogen) atoms. The van der Waals surface area contributed by atoms with Crippen LogP contribution in [0.2, 0.25) is 5.02 Å². The highest BCUT2D eigenvalue weighted by atomic mass is 35.5. The van der Waals surface area contributed by atoms with Gasteiger partial charge in [-0.05, 0) is 36.4 Å². The van der Waals surface area contributed by atoms with E-state index in [1.165, 1.54) is 43.5 Å². The molecular formula is C18H13ClF3N3O4S. The van der Waals surface area contributed by atoms with Crippen LogP contribution < -0.4 is 14.6 Å². The third kappa shape index (κ3) is 3.28. The van der Waals surface area contributed by atoms with Crippen LogP contribution in [0.3, 0.4) is 0 Å². The maximum Gasteiger partial charge on any atom is 0.435 e. The molecule has 3 aromatic rings. The third-order valence-corrected chi connectivity index (χ3v) is 5.85. The maximum absolute atomic E-state index is 13.6. The van der Waals surface area contributed by atoms with Crippen LogP contribution in [0, 0.1) is 0 Å². The summed E-state index contributed by atoms with van der Waals surface area (Å²) in [5, 5.41) is 8.95. The molecule has 158 valence electrons. The Balaban J connectivity index is 1.98. The van der Waals surface area contributed by atoms with Crippen LogP contribution in [0.25, 0.3) is 16.9 Å². The van der Waals surface area contributed by atoms with Gasteiger partial charge in [0.15, 0.2) is 11.4 Å². The van der Waals surface area contributed by atoms with E-state index in [-0.39, 0.29) is 32.6 Å². The minimum absolute atomic E-state index is 0.117. The van der Waals surface area contributed by atoms with Gasteiger partial charge in [-0.15, -0.1) is 0 Å². The SMILES string of the molecule is COc1ccc2c(c1Cl)OCc1c(C(F)(F)F)nn(-c3ccc(S(N)(=O)=O)cc3)c1-2. The lowest BCUT2D eigenvalue weighted by atomic mass is 10.0. The first-order chi connectivity index (χ1) is 14.0. The number of hydrogen-bond donors (Lipinski definition) is 1. The quantitative estimate of drug-likeness (QED) is 0.643. The first kappa shape index (κ1) is 20.5. The van der Waals surface area contributed by atoms with Crippen LogP contribution >= 0.6 is 11.6 Å². The molecule has 0 atom stereocenters. The molecule has 12 heteroatoms. The largest absolute Gasteiger partial charge is 0.495 e. The predicted molar refractivity (Wildman–Crippen MR) is 101 cm³/mol. The van der Waals surface area contributed by atoms with Crippen molar-refractivity contribution in [2.45, 2.75) is 17.7 Å². The zero-order valence-electron chi connectivity index (χ0n) is 15.2. The molecule has 0 radical (unpaired) electrons. The number of rotatable bonds is 3. The van der Waals surface area contributed by atoms with Gasteiger partial charge in [-0.25, -0.2) is 18.2 Å². The first-order valence-corrected chi connectivity index (χ1v) is 10.3. The van der Waals surface area contributed by atoms with E-state index in [2.05, 4.69) is 5.10 Å². The van der Waals surface area contributed by atoms with Crippen LogP contribution in [0.5, 0.6) is 11.5 Å². The fourth-order valence-electron chi connectivity index (χ4n) is 3.22. The maximum atomic E-state index is 13.6. The summed E-state index contributed by atoms with van der Waals surface area (Å²) in [6, 6.07) is 8.03. The number of fused-ring (bicyclic) bond motifs is 3. The molecule has 2 N–H and O–H groups in total. The molecule has 0 unspecified atom stereocenters. The lowest BCUT2D eigenvalue weighted by molar-refractivity contribution is -0.142. The van der Waals surface area contributed by atoms with Crippen molar-refractivity contribution in [1.29, 1.82) is 0 Å². The van der Waals surface area contributed by atoms with Crippen molar-refractivity contribution in [3.05, 3.63) is 52.7 Å². The Morgan fingerprint density at radius 2 is 1.87 bits per heavy atom. The second kappa shape index (κ2) is 6.89. The fourth-order valence-corrected chi connectivity index (χ4v) is 4.03. The lowest BCUT2D eigenvalue weighted by Gasteiger charge is -2.22. The van der Waals surface area contributed by atoms with Crippen molar-refractivity contribution >= 4 is 21.6 Å². The number of nitrogens with two attached hydrogens (primary N) is 1. The van der Waals surface area contributed by atoms with E-state index in [4.69, 9.17) is 26.2 Å². The van der Waals surface area contributed by atoms with Crippen LogP contribution in [-0.4, -0.2) is 25.3 Å². The molecule has 4 rings (SSSR count). The van der Waals surface area contributed by atoms with Crippen LogP contribution in [0.1, 0.15) is 11.3 Å². The summed E-state index contributed by atoms with van der Waals surface area (Å²) in [6.07, 6.45) is -4.73. The van der Waals surface area contributed by atoms with Crippen LogP contribution in [0.15, 0.2) is 41.3 Å². The van der Waals surface area contributed by atoms with Gasteiger partial charge < -0.3 is 9.47 Å². The van der Waals surface area contributed by atoms with Crippen molar-refractivity contribution < 1.29 is 31.1 Å². The van der Waals surface area contributed by atoms with Gasteiger partial charge in [-0.3, -0.25) is 0 Å². The molecule has 0 saturated heterocycles. The van der Waals surface area contributed by atoms with E-state index < -0.39 is 28.5 Å². The number of benzene rings is 2. The average molecular weight is 460 g/mol. The molecule has 0 bridgehead atoms. The van der Waals surface area contributed by atoms with Crippen molar-refractivity contribution in [2.75, 3.05) is 7.11 Å². The number of primary sulfonamides is 1. The highest BCUT2D eigenvalue weighted by molar-refractivity contribution is 7.89. The average Bonchev–Trinajstić information content (AvgIpc) is 3.08. The number of nitrogens with zero attached hydrogens (tertiary/aromatic N) is 2. The van der Waals surface area contributed by atoms with E-state index in [0.717, 1.165) is 4.68 Å². The first-order valence-electron chi connectivity index (χ1n) is 8.34. The Bertz CT molecular complexity index is 1260. The van der Waals surface area contributed by atoms with Crippen molar-refractivity contribution in [3.8, 4) is 28.4 Å². The van der Waals surface area contributed by atoms with E-state index in [9.17, 15) is 21.6 Å². The van der Waals surface area contributed by atoms with E-state index in [1.807, 2.05) is 0 Å². The molecule has 0 aliphatic carbocycles. The summed E-state index contributed by atoms with van der Waals surface area (Å²) in [4.78, 5) is -0.181. The molecule has 0 saturated carbocycles. The Morgan fingerprint density at radius 3 is 2.43 bits per heavy atom. The predicted octanol–water partition coefficient (Wildman–Crippen LogP) is 3.76. The minimum Gasteiger partial charge on any atom is -0.495 e. The summed E-state index contributed by atoms with van der Waals surface area (Å²) < 4.78 is 75.6. The van der Waals surface area contributed by atoms with Gasteiger partial charge in [0.05, 0.1) is 23.4 Å². The number of sulfonamides is 1. The van der Waals surface area contributed by atoms with Crippen LogP contribution in [-0.2, 0) is 22.8 Å². The number of alkyl halides is 3. The van der Waals surface area contributed by atoms with Gasteiger partial charge in [0.25, 0.3) is 0 Å². The van der Waals surface area contributed by atoms with Gasteiger partial charge in [-0.1, -0.05) is 11.6 Å². The Kier molecular flexibility index (Phi) is 4.71. The molecule has 1 aliphatic rings. The zero-order chi connectivity index (χ0) is 21.8. The number of methoxy groups -OCH3 is 1. The van der Waals surface area contributed by atoms with Gasteiger partial charge in [0.2, 0.25) is 10.0 Å². The van der Waals surface area contributed by atoms with Crippen molar-refractivity contribution in [1.82, 2.24) is 9.78 Å². The second-order valence-corrected chi connectivity index (χ2v) is 8.31. The monoisotopic (exact) mass is 459 g/mol. The zero-order valence-corrected chi connectivity index (χ0v) is 16.8. The third-order valence-electron chi connectivity index (χ3n) is 4.56. The normalized spacial score (nSPS) is 13.4. The van der Waals surface area contributed by atoms with Crippen LogP contribution in [0.4, 0.5) is 13.2 Å². The number of ether oxygens (including phenoxy) is 2. The highest BCUT2D eigenvalue weighted by Gasteiger charge is 2.42. The molecular weight excluding hydrogens is 447 g/mol. The van der Waals surface area contributed by atoms with Crippen molar-refractivity contribution in [3.63, 3.8) is 0 Å². The highest BCUT2D eigenvalue weighted by Crippen LogP contribution is 2.49. The van der Waals surface area contributed by atoms with E-state index >= 15 is 0 Å². The standard InChI is InChI=1S/C18H13ClF3N3O4S/c1-28-13-7-6-11-15-12(8-29-16(11)14(13)19)17(18(20,21)22)24-25(15)9-2-4-10(5-3-9)30(23,26)27/h2-7H,8H2,1H3,(H2,23,26,27). The summed E-state index contributed by atoms with van der Waals surface area (Å²) in [5.74, 6) is 0.470. The molecule has 2 aromatic carbocycles. The van der Waals surface area contributed by atoms with Crippen molar-refractivity contribution in [2.24, 2.45) is 5.14 Å². The fraction of sp³-hybridized carbons (Fsp3) is 0.167. The number of hydrogen-bond acceptors (Lipinski definition) is 5. The molecule has 2 heterocycles. The van der Waals surface area contributed by atoms with Gasteiger partial charge in [0.1, 0.15) is 17.4 Å². The second-order valence-electron chi connectivity index (χ2n) is 6.37. The molecule has 0 fully saturated rings. The summed E-state index contributed by atoms with van der Waals surface area (Å²) in [6.45, 7) is -0.403. The topological polar surface area (TPSA) is 96.4 Å². The molecule has 7 nitrogen and oxygen atoms in total. The van der Waals surface area contributed by atoms with Gasteiger partial charge >= 0.3 is 6.18 Å². The lowest BCUT2D eigenvalue weighted by Crippen LogP contribution is -2.13. The summed E-state index contributed by atoms with van der Waals surface area (Å²) in [5.41, 5.74) is -0.636. The molecule has 0 amide bonds.